The topological polar surface area (TPSA) is 99.8 Å². The van der Waals surface area contributed by atoms with E-state index in [0.29, 0.717) is 29.3 Å². The smallest absolute Gasteiger partial charge is 0.348 e. The van der Waals surface area contributed by atoms with Crippen molar-refractivity contribution < 1.29 is 4.79 Å². The van der Waals surface area contributed by atoms with Crippen molar-refractivity contribution in [2.24, 2.45) is 0 Å². The van der Waals surface area contributed by atoms with Gasteiger partial charge in [-0.15, -0.1) is 0 Å². The van der Waals surface area contributed by atoms with E-state index < -0.39 is 5.69 Å². The Labute approximate surface area is 160 Å². The lowest BCUT2D eigenvalue weighted by atomic mass is 10.2. The van der Waals surface area contributed by atoms with E-state index in [1.54, 1.807) is 24.4 Å². The molecule has 0 saturated heterocycles. The molecule has 0 fully saturated rings. The van der Waals surface area contributed by atoms with Crippen LogP contribution in [0.15, 0.2) is 77.7 Å². The molecule has 2 heterocycles. The molecule has 4 aromatic rings. The molecular formula is C21H17N5O2. The van der Waals surface area contributed by atoms with Crippen LogP contribution in [-0.4, -0.2) is 20.9 Å². The Morgan fingerprint density at radius 1 is 0.964 bits per heavy atom. The number of carbonyl (C=O) groups excluding carboxylic acids is 1. The van der Waals surface area contributed by atoms with Crippen LogP contribution in [0.1, 0.15) is 15.9 Å². The van der Waals surface area contributed by atoms with Crippen LogP contribution in [-0.2, 0) is 6.54 Å². The van der Waals surface area contributed by atoms with Crippen LogP contribution in [0, 0.1) is 0 Å². The molecule has 4 rings (SSSR count). The van der Waals surface area contributed by atoms with Crippen molar-refractivity contribution in [1.29, 1.82) is 0 Å². The predicted octanol–water partition coefficient (Wildman–Crippen LogP) is 3.18. The van der Waals surface area contributed by atoms with Crippen molar-refractivity contribution >= 4 is 28.4 Å². The average molecular weight is 371 g/mol. The molecule has 3 N–H and O–H groups in total. The fourth-order valence-electron chi connectivity index (χ4n) is 2.81. The zero-order chi connectivity index (χ0) is 19.3. The Morgan fingerprint density at radius 3 is 2.54 bits per heavy atom. The van der Waals surface area contributed by atoms with E-state index >= 15 is 0 Å². The zero-order valence-electron chi connectivity index (χ0n) is 14.8. The standard InChI is InChI=1S/C21H17N5O2/c27-20(15-5-2-1-3-6-15)24-16-10-8-14(9-11-16)13-23-19-17-7-4-12-22-18(17)25-21(28)26-19/h1-12H,13H2,(H,24,27)(H2,22,23,25,26,28). The minimum absolute atomic E-state index is 0.154. The van der Waals surface area contributed by atoms with Gasteiger partial charge in [0.25, 0.3) is 5.91 Å². The average Bonchev–Trinajstić information content (AvgIpc) is 2.73. The Hall–Kier alpha value is -4.00. The second kappa shape index (κ2) is 7.71. The minimum atomic E-state index is -0.451. The number of nitrogens with zero attached hydrogens (tertiary/aromatic N) is 2. The summed E-state index contributed by atoms with van der Waals surface area (Å²) in [6.45, 7) is 0.480. The normalized spacial score (nSPS) is 10.6. The molecule has 0 saturated carbocycles. The molecule has 0 aliphatic heterocycles. The third-order valence-corrected chi connectivity index (χ3v) is 4.21. The second-order valence-electron chi connectivity index (χ2n) is 6.16. The monoisotopic (exact) mass is 371 g/mol. The third-order valence-electron chi connectivity index (χ3n) is 4.21. The summed E-state index contributed by atoms with van der Waals surface area (Å²) in [5.41, 5.74) is 2.34. The summed E-state index contributed by atoms with van der Waals surface area (Å²) in [5.74, 6) is 0.325. The van der Waals surface area contributed by atoms with Crippen LogP contribution in [0.5, 0.6) is 0 Å². The maximum Gasteiger partial charge on any atom is 0.348 e. The molecule has 2 aromatic heterocycles. The first kappa shape index (κ1) is 17.4. The highest BCUT2D eigenvalue weighted by Crippen LogP contribution is 2.17. The number of anilines is 2. The van der Waals surface area contributed by atoms with E-state index in [2.05, 4.69) is 25.6 Å². The summed E-state index contributed by atoms with van der Waals surface area (Å²) in [5, 5.41) is 6.78. The third kappa shape index (κ3) is 3.88. The largest absolute Gasteiger partial charge is 0.365 e. The minimum Gasteiger partial charge on any atom is -0.365 e. The number of rotatable bonds is 5. The maximum absolute atomic E-state index is 12.2. The molecule has 0 bridgehead atoms. The van der Waals surface area contributed by atoms with Crippen molar-refractivity contribution in [1.82, 2.24) is 15.0 Å². The van der Waals surface area contributed by atoms with E-state index in [-0.39, 0.29) is 5.91 Å². The quantitative estimate of drug-likeness (QED) is 0.500. The van der Waals surface area contributed by atoms with Gasteiger partial charge in [-0.25, -0.2) is 9.78 Å². The van der Waals surface area contributed by atoms with Gasteiger partial charge < -0.3 is 10.6 Å². The number of hydrogen-bond acceptors (Lipinski definition) is 5. The highest BCUT2D eigenvalue weighted by molar-refractivity contribution is 6.04. The summed E-state index contributed by atoms with van der Waals surface area (Å²) < 4.78 is 0. The van der Waals surface area contributed by atoms with Gasteiger partial charge >= 0.3 is 5.69 Å². The van der Waals surface area contributed by atoms with Gasteiger partial charge in [0.1, 0.15) is 11.5 Å². The number of carbonyl (C=O) groups is 1. The van der Waals surface area contributed by atoms with Gasteiger partial charge in [-0.1, -0.05) is 30.3 Å². The van der Waals surface area contributed by atoms with Crippen LogP contribution in [0.25, 0.3) is 11.0 Å². The molecule has 0 aliphatic rings. The Bertz CT molecular complexity index is 1170. The van der Waals surface area contributed by atoms with Crippen LogP contribution in [0.3, 0.4) is 0 Å². The molecule has 7 heteroatoms. The van der Waals surface area contributed by atoms with Crippen molar-refractivity contribution in [2.75, 3.05) is 10.6 Å². The molecular weight excluding hydrogens is 354 g/mol. The lowest BCUT2D eigenvalue weighted by Crippen LogP contribution is -2.15. The van der Waals surface area contributed by atoms with Crippen LogP contribution in [0.4, 0.5) is 11.5 Å². The molecule has 138 valence electrons. The second-order valence-corrected chi connectivity index (χ2v) is 6.16. The van der Waals surface area contributed by atoms with Crippen LogP contribution in [0.2, 0.25) is 0 Å². The molecule has 0 radical (unpaired) electrons. The first-order valence-corrected chi connectivity index (χ1v) is 8.73. The first-order chi connectivity index (χ1) is 13.7. The van der Waals surface area contributed by atoms with E-state index in [1.807, 2.05) is 48.5 Å². The van der Waals surface area contributed by atoms with E-state index in [4.69, 9.17) is 0 Å². The van der Waals surface area contributed by atoms with Gasteiger partial charge in [0.15, 0.2) is 0 Å². The van der Waals surface area contributed by atoms with Gasteiger partial charge in [-0.3, -0.25) is 9.78 Å². The van der Waals surface area contributed by atoms with Gasteiger partial charge in [0.2, 0.25) is 0 Å². The maximum atomic E-state index is 12.2. The molecule has 0 spiro atoms. The molecule has 1 amide bonds. The van der Waals surface area contributed by atoms with E-state index in [1.165, 1.54) is 0 Å². The lowest BCUT2D eigenvalue weighted by molar-refractivity contribution is 0.102. The molecule has 0 atom stereocenters. The number of aromatic amines is 1. The lowest BCUT2D eigenvalue weighted by Gasteiger charge is -2.09. The predicted molar refractivity (Wildman–Crippen MR) is 108 cm³/mol. The van der Waals surface area contributed by atoms with E-state index in [0.717, 1.165) is 10.9 Å². The molecule has 7 nitrogen and oxygen atoms in total. The number of pyridine rings is 1. The summed E-state index contributed by atoms with van der Waals surface area (Å²) in [6.07, 6.45) is 1.62. The number of hydrogen-bond donors (Lipinski definition) is 3. The number of amides is 1. The Balaban J connectivity index is 1.44. The van der Waals surface area contributed by atoms with Gasteiger partial charge in [0.05, 0.1) is 5.39 Å². The molecule has 0 unspecified atom stereocenters. The Morgan fingerprint density at radius 2 is 1.75 bits per heavy atom. The fourth-order valence-corrected chi connectivity index (χ4v) is 2.81. The first-order valence-electron chi connectivity index (χ1n) is 8.73. The number of aromatic nitrogens is 3. The summed E-state index contributed by atoms with van der Waals surface area (Å²) in [6, 6.07) is 20.2. The fraction of sp³-hybridized carbons (Fsp3) is 0.0476. The van der Waals surface area contributed by atoms with E-state index in [9.17, 15) is 9.59 Å². The highest BCUT2D eigenvalue weighted by atomic mass is 16.1. The SMILES string of the molecule is O=C(Nc1ccc(CNc2nc(=O)[nH]c3ncccc23)cc1)c1ccccc1. The summed E-state index contributed by atoms with van der Waals surface area (Å²) >= 11 is 0. The van der Waals surface area contributed by atoms with Crippen LogP contribution >= 0.6 is 0 Å². The van der Waals surface area contributed by atoms with Crippen molar-refractivity contribution in [2.45, 2.75) is 6.54 Å². The van der Waals surface area contributed by atoms with Crippen LogP contribution < -0.4 is 16.3 Å². The van der Waals surface area contributed by atoms with Crippen molar-refractivity contribution in [3.63, 3.8) is 0 Å². The number of benzene rings is 2. The zero-order valence-corrected chi connectivity index (χ0v) is 14.8. The van der Waals surface area contributed by atoms with Crippen molar-refractivity contribution in [3.05, 3.63) is 94.5 Å². The molecule has 0 aliphatic carbocycles. The molecule has 2 aromatic carbocycles. The number of H-pyrrole nitrogens is 1. The Kier molecular flexibility index (Phi) is 4.79. The highest BCUT2D eigenvalue weighted by Gasteiger charge is 2.07. The van der Waals surface area contributed by atoms with Gasteiger partial charge in [-0.2, -0.15) is 4.98 Å². The summed E-state index contributed by atoms with van der Waals surface area (Å²) in [7, 11) is 0. The molecule has 28 heavy (non-hydrogen) atoms. The summed E-state index contributed by atoms with van der Waals surface area (Å²) in [4.78, 5) is 34.6. The van der Waals surface area contributed by atoms with Gasteiger partial charge in [-0.05, 0) is 42.0 Å². The van der Waals surface area contributed by atoms with Crippen molar-refractivity contribution in [3.8, 4) is 0 Å². The van der Waals surface area contributed by atoms with Gasteiger partial charge in [0, 0.05) is 24.0 Å². The number of nitrogens with one attached hydrogen (secondary N) is 3. The number of fused-ring (bicyclic) bond motifs is 1.